The third-order valence-electron chi connectivity index (χ3n) is 4.94. The van der Waals surface area contributed by atoms with Gasteiger partial charge < -0.3 is 9.80 Å². The van der Waals surface area contributed by atoms with Crippen LogP contribution in [0.3, 0.4) is 0 Å². The van der Waals surface area contributed by atoms with Crippen LogP contribution in [0.25, 0.3) is 0 Å². The molecule has 0 bridgehead atoms. The second kappa shape index (κ2) is 7.59. The van der Waals surface area contributed by atoms with Crippen LogP contribution in [0.4, 0.5) is 0 Å². The SMILES string of the molecule is CCCCC1NC(C(C)C)N(CC2CCCN(C)C2)C1=O. The normalized spacial score (nSPS) is 31.4. The molecule has 21 heavy (non-hydrogen) atoms. The van der Waals surface area contributed by atoms with Gasteiger partial charge >= 0.3 is 0 Å². The third-order valence-corrected chi connectivity index (χ3v) is 4.94. The van der Waals surface area contributed by atoms with Gasteiger partial charge in [0.25, 0.3) is 0 Å². The zero-order chi connectivity index (χ0) is 15.4. The molecule has 4 heteroatoms. The van der Waals surface area contributed by atoms with E-state index < -0.39 is 0 Å². The molecule has 2 heterocycles. The summed E-state index contributed by atoms with van der Waals surface area (Å²) >= 11 is 0. The van der Waals surface area contributed by atoms with Crippen molar-refractivity contribution in [2.75, 3.05) is 26.7 Å². The first-order chi connectivity index (χ1) is 10.0. The number of amides is 1. The summed E-state index contributed by atoms with van der Waals surface area (Å²) < 4.78 is 0. The van der Waals surface area contributed by atoms with Crippen molar-refractivity contribution in [1.29, 1.82) is 0 Å². The van der Waals surface area contributed by atoms with E-state index in [-0.39, 0.29) is 12.2 Å². The van der Waals surface area contributed by atoms with Gasteiger partial charge in [0.15, 0.2) is 0 Å². The lowest BCUT2D eigenvalue weighted by Crippen LogP contribution is -2.46. The van der Waals surface area contributed by atoms with Gasteiger partial charge in [-0.2, -0.15) is 0 Å². The van der Waals surface area contributed by atoms with E-state index in [1.807, 2.05) is 0 Å². The molecule has 2 saturated heterocycles. The first-order valence-corrected chi connectivity index (χ1v) is 8.78. The van der Waals surface area contributed by atoms with E-state index in [9.17, 15) is 4.79 Å². The minimum Gasteiger partial charge on any atom is -0.325 e. The second-order valence-electron chi connectivity index (χ2n) is 7.31. The molecule has 2 aliphatic heterocycles. The van der Waals surface area contributed by atoms with Gasteiger partial charge in [0.05, 0.1) is 12.2 Å². The predicted molar refractivity (Wildman–Crippen MR) is 87.0 cm³/mol. The van der Waals surface area contributed by atoms with Crippen LogP contribution < -0.4 is 5.32 Å². The second-order valence-corrected chi connectivity index (χ2v) is 7.31. The number of likely N-dealkylation sites (tertiary alicyclic amines) is 1. The molecule has 2 fully saturated rings. The largest absolute Gasteiger partial charge is 0.325 e. The Hall–Kier alpha value is -0.610. The van der Waals surface area contributed by atoms with Crippen LogP contribution in [-0.2, 0) is 4.79 Å². The molecule has 1 N–H and O–H groups in total. The van der Waals surface area contributed by atoms with Gasteiger partial charge in [-0.25, -0.2) is 0 Å². The Morgan fingerprint density at radius 2 is 2.14 bits per heavy atom. The monoisotopic (exact) mass is 295 g/mol. The molecule has 0 aromatic rings. The highest BCUT2D eigenvalue weighted by molar-refractivity contribution is 5.84. The van der Waals surface area contributed by atoms with Crippen LogP contribution in [-0.4, -0.2) is 54.6 Å². The Labute approximate surface area is 130 Å². The fraction of sp³-hybridized carbons (Fsp3) is 0.941. The summed E-state index contributed by atoms with van der Waals surface area (Å²) in [5, 5.41) is 3.59. The van der Waals surface area contributed by atoms with E-state index >= 15 is 0 Å². The molecule has 1 amide bonds. The molecule has 0 aromatic heterocycles. The molecule has 2 aliphatic rings. The molecular formula is C17H33N3O. The van der Waals surface area contributed by atoms with Crippen molar-refractivity contribution in [1.82, 2.24) is 15.1 Å². The number of unbranched alkanes of at least 4 members (excludes halogenated alkanes) is 1. The minimum absolute atomic E-state index is 0.0543. The van der Waals surface area contributed by atoms with Gasteiger partial charge in [-0.15, -0.1) is 0 Å². The molecule has 4 nitrogen and oxygen atoms in total. The van der Waals surface area contributed by atoms with E-state index in [0.717, 1.165) is 32.4 Å². The highest BCUT2D eigenvalue weighted by Gasteiger charge is 2.40. The average Bonchev–Trinajstić information content (AvgIpc) is 2.74. The van der Waals surface area contributed by atoms with Crippen molar-refractivity contribution in [3.8, 4) is 0 Å². The van der Waals surface area contributed by atoms with E-state index in [1.54, 1.807) is 0 Å². The number of piperidine rings is 1. The van der Waals surface area contributed by atoms with Crippen LogP contribution in [0.5, 0.6) is 0 Å². The lowest BCUT2D eigenvalue weighted by Gasteiger charge is -2.35. The number of nitrogens with one attached hydrogen (secondary N) is 1. The standard InChI is InChI=1S/C17H33N3O/c1-5-6-9-15-17(21)20(16(18-15)13(2)3)12-14-8-7-10-19(4)11-14/h13-16,18H,5-12H2,1-4H3. The van der Waals surface area contributed by atoms with Gasteiger partial charge in [-0.3, -0.25) is 10.1 Å². The molecule has 0 saturated carbocycles. The summed E-state index contributed by atoms with van der Waals surface area (Å²) in [5.74, 6) is 1.46. The average molecular weight is 295 g/mol. The van der Waals surface area contributed by atoms with Crippen LogP contribution in [0, 0.1) is 11.8 Å². The van der Waals surface area contributed by atoms with E-state index in [0.29, 0.717) is 17.7 Å². The van der Waals surface area contributed by atoms with Crippen molar-refractivity contribution in [3.63, 3.8) is 0 Å². The number of carbonyl (C=O) groups is 1. The summed E-state index contributed by atoms with van der Waals surface area (Å²) in [6.45, 7) is 9.89. The first kappa shape index (κ1) is 16.8. The Morgan fingerprint density at radius 3 is 2.76 bits per heavy atom. The van der Waals surface area contributed by atoms with Crippen molar-refractivity contribution < 1.29 is 4.79 Å². The maximum atomic E-state index is 12.7. The maximum Gasteiger partial charge on any atom is 0.241 e. The van der Waals surface area contributed by atoms with Crippen LogP contribution in [0.2, 0.25) is 0 Å². The first-order valence-electron chi connectivity index (χ1n) is 8.78. The van der Waals surface area contributed by atoms with E-state index in [4.69, 9.17) is 0 Å². The lowest BCUT2D eigenvalue weighted by molar-refractivity contribution is -0.131. The fourth-order valence-electron chi connectivity index (χ4n) is 3.78. The highest BCUT2D eigenvalue weighted by atomic mass is 16.2. The summed E-state index contributed by atoms with van der Waals surface area (Å²) in [6.07, 6.45) is 6.03. The molecule has 0 aliphatic carbocycles. The quantitative estimate of drug-likeness (QED) is 0.817. The molecule has 3 unspecified atom stereocenters. The smallest absolute Gasteiger partial charge is 0.241 e. The minimum atomic E-state index is 0.0543. The lowest BCUT2D eigenvalue weighted by atomic mass is 9.97. The number of rotatable bonds is 6. The highest BCUT2D eigenvalue weighted by Crippen LogP contribution is 2.24. The van der Waals surface area contributed by atoms with Crippen molar-refractivity contribution in [2.45, 2.75) is 65.1 Å². The van der Waals surface area contributed by atoms with Gasteiger partial charge in [-0.1, -0.05) is 33.6 Å². The molecule has 0 aromatic carbocycles. The van der Waals surface area contributed by atoms with Gasteiger partial charge in [-0.05, 0) is 44.7 Å². The van der Waals surface area contributed by atoms with E-state index in [2.05, 4.69) is 42.9 Å². The third kappa shape index (κ3) is 4.19. The molecular weight excluding hydrogens is 262 g/mol. The number of hydrogen-bond acceptors (Lipinski definition) is 3. The Kier molecular flexibility index (Phi) is 6.06. The summed E-state index contributed by atoms with van der Waals surface area (Å²) in [4.78, 5) is 17.3. The Bertz CT molecular complexity index is 345. The number of nitrogens with zero attached hydrogens (tertiary/aromatic N) is 2. The maximum absolute atomic E-state index is 12.7. The Morgan fingerprint density at radius 1 is 1.38 bits per heavy atom. The molecule has 122 valence electrons. The number of carbonyl (C=O) groups excluding carboxylic acids is 1. The van der Waals surface area contributed by atoms with Gasteiger partial charge in [0.1, 0.15) is 0 Å². The van der Waals surface area contributed by atoms with Crippen molar-refractivity contribution >= 4 is 5.91 Å². The zero-order valence-electron chi connectivity index (χ0n) is 14.3. The van der Waals surface area contributed by atoms with Crippen molar-refractivity contribution in [2.24, 2.45) is 11.8 Å². The van der Waals surface area contributed by atoms with Crippen LogP contribution in [0.15, 0.2) is 0 Å². The molecule has 0 radical (unpaired) electrons. The Balaban J connectivity index is 1.98. The summed E-state index contributed by atoms with van der Waals surface area (Å²) in [6, 6.07) is 0.0543. The fourth-order valence-corrected chi connectivity index (χ4v) is 3.78. The van der Waals surface area contributed by atoms with Gasteiger partial charge in [0.2, 0.25) is 5.91 Å². The summed E-state index contributed by atoms with van der Waals surface area (Å²) in [7, 11) is 2.19. The topological polar surface area (TPSA) is 35.6 Å². The molecule has 3 atom stereocenters. The summed E-state index contributed by atoms with van der Waals surface area (Å²) in [5.41, 5.74) is 0. The predicted octanol–water partition coefficient (Wildman–Crippen LogP) is 2.30. The van der Waals surface area contributed by atoms with Gasteiger partial charge in [0, 0.05) is 13.1 Å². The molecule has 2 rings (SSSR count). The number of hydrogen-bond donors (Lipinski definition) is 1. The van der Waals surface area contributed by atoms with Crippen LogP contribution in [0.1, 0.15) is 52.9 Å². The van der Waals surface area contributed by atoms with Crippen LogP contribution >= 0.6 is 0 Å². The zero-order valence-corrected chi connectivity index (χ0v) is 14.3. The van der Waals surface area contributed by atoms with E-state index in [1.165, 1.54) is 19.4 Å². The van der Waals surface area contributed by atoms with Crippen molar-refractivity contribution in [3.05, 3.63) is 0 Å². The molecule has 0 spiro atoms.